The normalized spacial score (nSPS) is 13.0. The number of hydrogen-bond donors (Lipinski definition) is 9. The van der Waals surface area contributed by atoms with Gasteiger partial charge < -0.3 is 50.1 Å². The minimum atomic E-state index is -1.21. The summed E-state index contributed by atoms with van der Waals surface area (Å²) in [6.45, 7) is 2.56. The van der Waals surface area contributed by atoms with Gasteiger partial charge in [-0.25, -0.2) is 4.79 Å². The zero-order valence-corrected chi connectivity index (χ0v) is 19.6. The van der Waals surface area contributed by atoms with Crippen molar-refractivity contribution in [3.05, 3.63) is 0 Å². The molecule has 34 heavy (non-hydrogen) atoms. The number of amides is 2. The third-order valence-corrected chi connectivity index (χ3v) is 4.68. The molecule has 3 atom stereocenters. The Bertz CT molecular complexity index is 743. The predicted molar refractivity (Wildman–Crippen MR) is 130 cm³/mol. The molecule has 0 rings (SSSR count). The summed E-state index contributed by atoms with van der Waals surface area (Å²) in [5, 5.41) is 14.6. The van der Waals surface area contributed by atoms with Gasteiger partial charge in [0.1, 0.15) is 12.1 Å². The van der Waals surface area contributed by atoms with Gasteiger partial charge in [-0.3, -0.25) is 24.6 Å². The zero-order valence-electron chi connectivity index (χ0n) is 19.6. The van der Waals surface area contributed by atoms with Crippen LogP contribution in [0.1, 0.15) is 45.4 Å². The summed E-state index contributed by atoms with van der Waals surface area (Å²) in [5.74, 6) is -2.83. The standard InChI is InChI=1S/C19H39N11O4/c1-11(5-2-8-26-17(20)21)14(31)29-12(6-3-9-27-18(22)23)15(32)30-13(16(33)34)7-4-10-28-19(24)25/h11-13H,2-10H2,1H3,(H,29,31)(H,30,32)(H,33,34)(H4,20,21,26)(H4,22,23,27)(H4,24,25,28). The molecule has 0 heterocycles. The number of aliphatic imine (C=N–C) groups is 3. The summed E-state index contributed by atoms with van der Waals surface area (Å²) >= 11 is 0. The van der Waals surface area contributed by atoms with E-state index in [1.807, 2.05) is 0 Å². The first-order valence-corrected chi connectivity index (χ1v) is 10.9. The summed E-state index contributed by atoms with van der Waals surface area (Å²) < 4.78 is 0. The largest absolute Gasteiger partial charge is 0.480 e. The van der Waals surface area contributed by atoms with Crippen molar-refractivity contribution in [2.45, 2.75) is 57.5 Å². The highest BCUT2D eigenvalue weighted by molar-refractivity contribution is 5.90. The van der Waals surface area contributed by atoms with Crippen molar-refractivity contribution >= 4 is 35.7 Å². The molecule has 194 valence electrons. The Kier molecular flexibility index (Phi) is 14.9. The fourth-order valence-electron chi connectivity index (χ4n) is 2.86. The summed E-state index contributed by atoms with van der Waals surface area (Å²) in [7, 11) is 0. The Hall–Kier alpha value is -3.78. The van der Waals surface area contributed by atoms with Crippen LogP contribution in [-0.4, -0.2) is 72.5 Å². The van der Waals surface area contributed by atoms with E-state index in [1.54, 1.807) is 6.92 Å². The molecular weight excluding hydrogens is 446 g/mol. The lowest BCUT2D eigenvalue weighted by atomic mass is 10.0. The van der Waals surface area contributed by atoms with Crippen molar-refractivity contribution in [2.75, 3.05) is 19.6 Å². The van der Waals surface area contributed by atoms with Crippen molar-refractivity contribution in [1.82, 2.24) is 10.6 Å². The zero-order chi connectivity index (χ0) is 26.1. The van der Waals surface area contributed by atoms with Crippen LogP contribution in [-0.2, 0) is 14.4 Å². The van der Waals surface area contributed by atoms with E-state index in [0.717, 1.165) is 0 Å². The molecule has 0 radical (unpaired) electrons. The highest BCUT2D eigenvalue weighted by Gasteiger charge is 2.27. The van der Waals surface area contributed by atoms with Gasteiger partial charge in [0, 0.05) is 25.6 Å². The van der Waals surface area contributed by atoms with E-state index in [1.165, 1.54) is 0 Å². The molecule has 15 N–H and O–H groups in total. The van der Waals surface area contributed by atoms with Crippen LogP contribution in [0.4, 0.5) is 0 Å². The van der Waals surface area contributed by atoms with Crippen LogP contribution < -0.4 is 45.0 Å². The van der Waals surface area contributed by atoms with Gasteiger partial charge in [0.15, 0.2) is 17.9 Å². The van der Waals surface area contributed by atoms with E-state index in [4.69, 9.17) is 34.4 Å². The number of rotatable bonds is 17. The molecule has 0 aliphatic rings. The Morgan fingerprint density at radius 3 is 1.47 bits per heavy atom. The second kappa shape index (κ2) is 16.8. The number of aliphatic carboxylic acids is 1. The molecule has 0 aromatic rings. The van der Waals surface area contributed by atoms with Crippen LogP contribution in [0.5, 0.6) is 0 Å². The molecule has 0 aliphatic carbocycles. The number of hydrogen-bond acceptors (Lipinski definition) is 6. The van der Waals surface area contributed by atoms with Crippen molar-refractivity contribution in [1.29, 1.82) is 0 Å². The second-order valence-electron chi connectivity index (χ2n) is 7.71. The van der Waals surface area contributed by atoms with E-state index < -0.39 is 29.9 Å². The van der Waals surface area contributed by atoms with Gasteiger partial charge >= 0.3 is 5.97 Å². The molecule has 15 nitrogen and oxygen atoms in total. The third-order valence-electron chi connectivity index (χ3n) is 4.68. The molecule has 3 unspecified atom stereocenters. The topological polar surface area (TPSA) is 289 Å². The lowest BCUT2D eigenvalue weighted by molar-refractivity contribution is -0.142. The molecule has 0 aromatic heterocycles. The molecule has 0 bridgehead atoms. The van der Waals surface area contributed by atoms with Gasteiger partial charge in [-0.15, -0.1) is 0 Å². The van der Waals surface area contributed by atoms with E-state index in [0.29, 0.717) is 32.2 Å². The van der Waals surface area contributed by atoms with E-state index in [-0.39, 0.29) is 49.7 Å². The van der Waals surface area contributed by atoms with Crippen LogP contribution in [0.25, 0.3) is 0 Å². The molecule has 0 saturated heterocycles. The van der Waals surface area contributed by atoms with E-state index in [9.17, 15) is 19.5 Å². The SMILES string of the molecule is CC(CCCN=C(N)N)C(=O)NC(CCCN=C(N)N)C(=O)NC(CCCN=C(N)N)C(=O)O. The fourth-order valence-corrected chi connectivity index (χ4v) is 2.86. The smallest absolute Gasteiger partial charge is 0.326 e. The molecule has 0 fully saturated rings. The van der Waals surface area contributed by atoms with Gasteiger partial charge in [0.25, 0.3) is 0 Å². The lowest BCUT2D eigenvalue weighted by Crippen LogP contribution is -2.52. The highest BCUT2D eigenvalue weighted by atomic mass is 16.4. The van der Waals surface area contributed by atoms with Crippen LogP contribution >= 0.6 is 0 Å². The fraction of sp³-hybridized carbons (Fsp3) is 0.684. The number of nitrogens with one attached hydrogen (secondary N) is 2. The number of carboxylic acid groups (broad SMARTS) is 1. The first kappa shape index (κ1) is 30.2. The van der Waals surface area contributed by atoms with Crippen molar-refractivity contribution in [3.63, 3.8) is 0 Å². The minimum absolute atomic E-state index is 0.0269. The first-order valence-electron chi connectivity index (χ1n) is 10.9. The van der Waals surface area contributed by atoms with Crippen LogP contribution in [0.15, 0.2) is 15.0 Å². The summed E-state index contributed by atoms with van der Waals surface area (Å²) in [5.41, 5.74) is 31.7. The Morgan fingerprint density at radius 2 is 1.06 bits per heavy atom. The highest BCUT2D eigenvalue weighted by Crippen LogP contribution is 2.09. The molecule has 0 aromatic carbocycles. The van der Waals surface area contributed by atoms with E-state index >= 15 is 0 Å². The van der Waals surface area contributed by atoms with Gasteiger partial charge in [0.2, 0.25) is 11.8 Å². The van der Waals surface area contributed by atoms with Crippen molar-refractivity contribution in [3.8, 4) is 0 Å². The summed E-state index contributed by atoms with van der Waals surface area (Å²) in [6.07, 6.45) is 2.10. The summed E-state index contributed by atoms with van der Waals surface area (Å²) in [4.78, 5) is 48.5. The number of nitrogens with two attached hydrogens (primary N) is 6. The number of carboxylic acids is 1. The number of guanidine groups is 3. The van der Waals surface area contributed by atoms with E-state index in [2.05, 4.69) is 25.6 Å². The Balaban J connectivity index is 5.10. The van der Waals surface area contributed by atoms with Gasteiger partial charge in [-0.2, -0.15) is 0 Å². The number of carbonyl (C=O) groups is 3. The minimum Gasteiger partial charge on any atom is -0.480 e. The number of carbonyl (C=O) groups excluding carboxylic acids is 2. The molecule has 15 heteroatoms. The van der Waals surface area contributed by atoms with Gasteiger partial charge in [-0.05, 0) is 38.5 Å². The van der Waals surface area contributed by atoms with Crippen molar-refractivity contribution < 1.29 is 19.5 Å². The Labute approximate surface area is 198 Å². The molecule has 0 spiro atoms. The average molecular weight is 486 g/mol. The first-order chi connectivity index (χ1) is 15.9. The lowest BCUT2D eigenvalue weighted by Gasteiger charge is -2.23. The van der Waals surface area contributed by atoms with Crippen LogP contribution in [0.2, 0.25) is 0 Å². The van der Waals surface area contributed by atoms with Crippen LogP contribution in [0, 0.1) is 5.92 Å². The summed E-state index contributed by atoms with van der Waals surface area (Å²) in [6, 6.07) is -2.14. The number of nitrogens with zero attached hydrogens (tertiary/aromatic N) is 3. The molecule has 2 amide bonds. The molecule has 0 saturated carbocycles. The quantitative estimate of drug-likeness (QED) is 0.0565. The molecular formula is C19H39N11O4. The van der Waals surface area contributed by atoms with Crippen LogP contribution in [0.3, 0.4) is 0 Å². The monoisotopic (exact) mass is 485 g/mol. The second-order valence-corrected chi connectivity index (χ2v) is 7.71. The molecule has 0 aliphatic heterocycles. The maximum absolute atomic E-state index is 12.8. The van der Waals surface area contributed by atoms with Gasteiger partial charge in [0.05, 0.1) is 0 Å². The van der Waals surface area contributed by atoms with Crippen molar-refractivity contribution in [2.24, 2.45) is 55.3 Å². The maximum Gasteiger partial charge on any atom is 0.326 e. The maximum atomic E-state index is 12.8. The van der Waals surface area contributed by atoms with Gasteiger partial charge in [-0.1, -0.05) is 6.92 Å². The average Bonchev–Trinajstić information content (AvgIpc) is 2.74. The predicted octanol–water partition coefficient (Wildman–Crippen LogP) is -3.16. The Morgan fingerprint density at radius 1 is 0.676 bits per heavy atom. The third kappa shape index (κ3) is 15.1.